The van der Waals surface area contributed by atoms with Crippen LogP contribution < -0.4 is 5.32 Å². The molecule has 1 aliphatic rings. The zero-order chi connectivity index (χ0) is 23.1. The first-order chi connectivity index (χ1) is 15.9. The summed E-state index contributed by atoms with van der Waals surface area (Å²) in [4.78, 5) is 20.5. The summed E-state index contributed by atoms with van der Waals surface area (Å²) in [5.74, 6) is 0.0570. The number of fused-ring (bicyclic) bond motifs is 1. The first-order valence-corrected chi connectivity index (χ1v) is 11.3. The summed E-state index contributed by atoms with van der Waals surface area (Å²) in [5.41, 5.74) is 4.09. The van der Waals surface area contributed by atoms with E-state index in [2.05, 4.69) is 20.5 Å². The SMILES string of the molecule is Cc1[nH]nc2nc(-c3ccc(O)cc3)cc(C(=O)N3CCNCC3c3ccc(Cl)c(Cl)c3)c12. The zero-order valence-electron chi connectivity index (χ0n) is 17.8. The Morgan fingerprint density at radius 3 is 2.67 bits per heavy atom. The normalized spacial score (nSPS) is 16.3. The van der Waals surface area contributed by atoms with Crippen LogP contribution in [0.1, 0.15) is 27.7 Å². The minimum Gasteiger partial charge on any atom is -0.508 e. The Morgan fingerprint density at radius 2 is 1.91 bits per heavy atom. The Kier molecular flexibility index (Phi) is 5.70. The molecule has 7 nitrogen and oxygen atoms in total. The summed E-state index contributed by atoms with van der Waals surface area (Å²) in [6, 6.07) is 13.8. The van der Waals surface area contributed by atoms with Crippen LogP contribution in [-0.2, 0) is 0 Å². The average Bonchev–Trinajstić information content (AvgIpc) is 3.21. The predicted molar refractivity (Wildman–Crippen MR) is 129 cm³/mol. The topological polar surface area (TPSA) is 94.1 Å². The van der Waals surface area contributed by atoms with Crippen LogP contribution in [0.2, 0.25) is 10.0 Å². The van der Waals surface area contributed by atoms with Crippen molar-refractivity contribution in [2.75, 3.05) is 19.6 Å². The van der Waals surface area contributed by atoms with Crippen molar-refractivity contribution in [2.24, 2.45) is 0 Å². The molecule has 5 rings (SSSR count). The van der Waals surface area contributed by atoms with Gasteiger partial charge < -0.3 is 15.3 Å². The van der Waals surface area contributed by atoms with Crippen molar-refractivity contribution in [1.29, 1.82) is 0 Å². The molecule has 2 aromatic carbocycles. The molecule has 1 saturated heterocycles. The molecule has 1 atom stereocenters. The molecule has 33 heavy (non-hydrogen) atoms. The number of carbonyl (C=O) groups excluding carboxylic acids is 1. The fraction of sp³-hybridized carbons (Fsp3) is 0.208. The van der Waals surface area contributed by atoms with Gasteiger partial charge in [-0.25, -0.2) is 4.98 Å². The Hall–Kier alpha value is -3.13. The predicted octanol–water partition coefficient (Wildman–Crippen LogP) is 4.73. The highest BCUT2D eigenvalue weighted by Gasteiger charge is 2.31. The van der Waals surface area contributed by atoms with Gasteiger partial charge in [0.15, 0.2) is 5.65 Å². The average molecular weight is 482 g/mol. The fourth-order valence-electron chi connectivity index (χ4n) is 4.24. The van der Waals surface area contributed by atoms with Crippen LogP contribution in [0, 0.1) is 6.92 Å². The molecule has 0 spiro atoms. The molecule has 168 valence electrons. The standard InChI is InChI=1S/C24H21Cl2N5O2/c1-13-22-17(11-20(28-23(22)30-29-13)14-2-5-16(32)6-3-14)24(33)31-9-8-27-12-21(31)15-4-7-18(25)19(26)10-15/h2-7,10-11,21,27,32H,8-9,12H2,1H3,(H,28,29,30). The zero-order valence-corrected chi connectivity index (χ0v) is 19.3. The highest BCUT2D eigenvalue weighted by Crippen LogP contribution is 2.33. The van der Waals surface area contributed by atoms with Gasteiger partial charge in [-0.1, -0.05) is 29.3 Å². The number of nitrogens with one attached hydrogen (secondary N) is 2. The number of phenolic OH excluding ortho intramolecular Hbond substituents is 1. The van der Waals surface area contributed by atoms with Gasteiger partial charge >= 0.3 is 0 Å². The third-order valence-corrected chi connectivity index (χ3v) is 6.67. The number of aromatic nitrogens is 3. The minimum absolute atomic E-state index is 0.107. The number of hydrogen-bond acceptors (Lipinski definition) is 5. The van der Waals surface area contributed by atoms with E-state index in [1.165, 1.54) is 0 Å². The fourth-order valence-corrected chi connectivity index (χ4v) is 4.55. The van der Waals surface area contributed by atoms with Gasteiger partial charge in [0.2, 0.25) is 0 Å². The molecule has 0 saturated carbocycles. The Bertz CT molecular complexity index is 1350. The van der Waals surface area contributed by atoms with Crippen molar-refractivity contribution in [3.05, 3.63) is 75.4 Å². The summed E-state index contributed by atoms with van der Waals surface area (Å²) < 4.78 is 0. The number of aromatic amines is 1. The van der Waals surface area contributed by atoms with Gasteiger partial charge in [-0.05, 0) is 55.0 Å². The van der Waals surface area contributed by atoms with E-state index in [1.54, 1.807) is 36.4 Å². The first kappa shape index (κ1) is 21.7. The van der Waals surface area contributed by atoms with E-state index >= 15 is 0 Å². The van der Waals surface area contributed by atoms with Crippen LogP contribution in [0.3, 0.4) is 0 Å². The third kappa shape index (κ3) is 4.04. The molecule has 9 heteroatoms. The number of aromatic hydroxyl groups is 1. The van der Waals surface area contributed by atoms with E-state index in [-0.39, 0.29) is 17.7 Å². The number of amides is 1. The highest BCUT2D eigenvalue weighted by molar-refractivity contribution is 6.42. The minimum atomic E-state index is -0.200. The number of nitrogens with zero attached hydrogens (tertiary/aromatic N) is 3. The smallest absolute Gasteiger partial charge is 0.255 e. The third-order valence-electron chi connectivity index (χ3n) is 5.93. The van der Waals surface area contributed by atoms with Gasteiger partial charge in [-0.2, -0.15) is 5.10 Å². The van der Waals surface area contributed by atoms with E-state index in [0.717, 1.165) is 16.8 Å². The molecule has 1 unspecified atom stereocenters. The lowest BCUT2D eigenvalue weighted by atomic mass is 10.00. The number of halogens is 2. The lowest BCUT2D eigenvalue weighted by Gasteiger charge is -2.37. The number of H-pyrrole nitrogens is 1. The maximum atomic E-state index is 14.0. The first-order valence-electron chi connectivity index (χ1n) is 10.5. The molecule has 3 heterocycles. The molecule has 0 aliphatic carbocycles. The number of carbonyl (C=O) groups is 1. The van der Waals surface area contributed by atoms with Gasteiger partial charge in [-0.15, -0.1) is 0 Å². The molecule has 0 radical (unpaired) electrons. The second-order valence-electron chi connectivity index (χ2n) is 8.04. The van der Waals surface area contributed by atoms with Crippen LogP contribution >= 0.6 is 23.2 Å². The molecular weight excluding hydrogens is 461 g/mol. The van der Waals surface area contributed by atoms with Crippen LogP contribution in [-0.4, -0.2) is 50.7 Å². The molecule has 1 fully saturated rings. The monoisotopic (exact) mass is 481 g/mol. The summed E-state index contributed by atoms with van der Waals surface area (Å²) >= 11 is 12.4. The van der Waals surface area contributed by atoms with Crippen molar-refractivity contribution in [2.45, 2.75) is 13.0 Å². The van der Waals surface area contributed by atoms with Crippen molar-refractivity contribution >= 4 is 40.1 Å². The number of phenols is 1. The van der Waals surface area contributed by atoms with Gasteiger partial charge in [0.05, 0.1) is 32.7 Å². The van der Waals surface area contributed by atoms with E-state index in [9.17, 15) is 9.90 Å². The van der Waals surface area contributed by atoms with Gasteiger partial charge in [0.25, 0.3) is 5.91 Å². The van der Waals surface area contributed by atoms with Crippen molar-refractivity contribution in [3.63, 3.8) is 0 Å². The molecule has 0 bridgehead atoms. The summed E-state index contributed by atoms with van der Waals surface area (Å²) in [6.45, 7) is 3.71. The van der Waals surface area contributed by atoms with Crippen molar-refractivity contribution in [1.82, 2.24) is 25.4 Å². The quantitative estimate of drug-likeness (QED) is 0.393. The lowest BCUT2D eigenvalue weighted by Crippen LogP contribution is -2.48. The maximum absolute atomic E-state index is 14.0. The largest absolute Gasteiger partial charge is 0.508 e. The molecule has 2 aromatic heterocycles. The van der Waals surface area contributed by atoms with E-state index in [1.807, 2.05) is 24.0 Å². The number of aryl methyl sites for hydroxylation is 1. The number of rotatable bonds is 3. The lowest BCUT2D eigenvalue weighted by molar-refractivity contribution is 0.0636. The number of piperazine rings is 1. The highest BCUT2D eigenvalue weighted by atomic mass is 35.5. The molecule has 3 N–H and O–H groups in total. The second-order valence-corrected chi connectivity index (χ2v) is 8.86. The number of pyridine rings is 1. The molecule has 1 aliphatic heterocycles. The molecule has 4 aromatic rings. The van der Waals surface area contributed by atoms with E-state index < -0.39 is 0 Å². The Labute approximate surface area is 200 Å². The summed E-state index contributed by atoms with van der Waals surface area (Å²) in [7, 11) is 0. The van der Waals surface area contributed by atoms with Crippen molar-refractivity contribution < 1.29 is 9.90 Å². The molecule has 1 amide bonds. The van der Waals surface area contributed by atoms with Crippen LogP contribution in [0.15, 0.2) is 48.5 Å². The number of benzene rings is 2. The Balaban J connectivity index is 1.60. The van der Waals surface area contributed by atoms with Crippen LogP contribution in [0.25, 0.3) is 22.3 Å². The maximum Gasteiger partial charge on any atom is 0.255 e. The molecular formula is C24H21Cl2N5O2. The Morgan fingerprint density at radius 1 is 1.12 bits per heavy atom. The van der Waals surface area contributed by atoms with Gasteiger partial charge in [0, 0.05) is 30.9 Å². The van der Waals surface area contributed by atoms with Gasteiger partial charge in [-0.3, -0.25) is 9.89 Å². The van der Waals surface area contributed by atoms with Gasteiger partial charge in [0.1, 0.15) is 5.75 Å². The van der Waals surface area contributed by atoms with E-state index in [0.29, 0.717) is 52.0 Å². The summed E-state index contributed by atoms with van der Waals surface area (Å²) in [6.07, 6.45) is 0. The van der Waals surface area contributed by atoms with Crippen LogP contribution in [0.4, 0.5) is 0 Å². The summed E-state index contributed by atoms with van der Waals surface area (Å²) in [5, 5.41) is 21.9. The second kappa shape index (κ2) is 8.67. The van der Waals surface area contributed by atoms with E-state index in [4.69, 9.17) is 23.2 Å². The number of hydrogen-bond donors (Lipinski definition) is 3. The van der Waals surface area contributed by atoms with Crippen LogP contribution in [0.5, 0.6) is 5.75 Å². The van der Waals surface area contributed by atoms with Crippen molar-refractivity contribution in [3.8, 4) is 17.0 Å².